The van der Waals surface area contributed by atoms with Crippen LogP contribution in [0.15, 0.2) is 52.1 Å². The quantitative estimate of drug-likeness (QED) is 0.455. The minimum atomic E-state index is -3.98. The molecule has 0 atom stereocenters. The lowest BCUT2D eigenvalue weighted by molar-refractivity contribution is 0.331. The van der Waals surface area contributed by atoms with Crippen molar-refractivity contribution in [1.29, 1.82) is 0 Å². The SMILES string of the molecule is CCOc1cc(C)ccc1S(=O)(=O)Nc1noc2cc(Cn3cccn3)c3c(c12)OCC3. The molecule has 1 N–H and O–H groups in total. The first-order valence-corrected chi connectivity index (χ1v) is 11.7. The summed E-state index contributed by atoms with van der Waals surface area (Å²) < 4.78 is 47.7. The van der Waals surface area contributed by atoms with Gasteiger partial charge in [-0.1, -0.05) is 11.2 Å². The number of nitrogens with one attached hydrogen (secondary N) is 1. The second-order valence-electron chi connectivity index (χ2n) is 7.54. The molecule has 2 aromatic heterocycles. The highest BCUT2D eigenvalue weighted by Crippen LogP contribution is 2.41. The first-order valence-electron chi connectivity index (χ1n) is 10.3. The van der Waals surface area contributed by atoms with Crippen molar-refractivity contribution in [1.82, 2.24) is 14.9 Å². The van der Waals surface area contributed by atoms with Crippen LogP contribution in [0.5, 0.6) is 11.5 Å². The van der Waals surface area contributed by atoms with E-state index in [1.165, 1.54) is 6.07 Å². The van der Waals surface area contributed by atoms with E-state index in [4.69, 9.17) is 14.0 Å². The van der Waals surface area contributed by atoms with E-state index in [1.807, 2.05) is 29.9 Å². The van der Waals surface area contributed by atoms with Gasteiger partial charge in [0.2, 0.25) is 0 Å². The van der Waals surface area contributed by atoms with Crippen LogP contribution in [-0.2, 0) is 23.0 Å². The molecule has 0 radical (unpaired) electrons. The van der Waals surface area contributed by atoms with Crippen LogP contribution in [0.3, 0.4) is 0 Å². The number of benzene rings is 2. The normalized spacial score (nSPS) is 13.2. The third kappa shape index (κ3) is 3.56. The number of nitrogens with zero attached hydrogens (tertiary/aromatic N) is 3. The number of hydrogen-bond acceptors (Lipinski definition) is 7. The van der Waals surface area contributed by atoms with Crippen LogP contribution in [0.2, 0.25) is 0 Å². The number of sulfonamides is 1. The minimum absolute atomic E-state index is 0.0361. The fourth-order valence-corrected chi connectivity index (χ4v) is 5.05. The van der Waals surface area contributed by atoms with E-state index in [-0.39, 0.29) is 16.5 Å². The molecular formula is C22H22N4O5S. The lowest BCUT2D eigenvalue weighted by Gasteiger charge is -2.13. The fourth-order valence-electron chi connectivity index (χ4n) is 3.92. The summed E-state index contributed by atoms with van der Waals surface area (Å²) in [6, 6.07) is 8.67. The second kappa shape index (κ2) is 7.86. The Morgan fingerprint density at radius 2 is 2.16 bits per heavy atom. The van der Waals surface area contributed by atoms with Crippen LogP contribution in [0.1, 0.15) is 23.6 Å². The molecule has 166 valence electrons. The van der Waals surface area contributed by atoms with Crippen molar-refractivity contribution in [3.8, 4) is 11.5 Å². The van der Waals surface area contributed by atoms with Crippen molar-refractivity contribution in [2.24, 2.45) is 0 Å². The number of hydrogen-bond donors (Lipinski definition) is 1. The van der Waals surface area contributed by atoms with Crippen LogP contribution >= 0.6 is 0 Å². The van der Waals surface area contributed by atoms with Gasteiger partial charge in [-0.25, -0.2) is 8.42 Å². The van der Waals surface area contributed by atoms with E-state index in [1.54, 1.807) is 25.3 Å². The Kier molecular flexibility index (Phi) is 5.01. The van der Waals surface area contributed by atoms with E-state index < -0.39 is 10.0 Å². The van der Waals surface area contributed by atoms with Crippen molar-refractivity contribution in [2.75, 3.05) is 17.9 Å². The third-order valence-corrected chi connectivity index (χ3v) is 6.70. The predicted octanol–water partition coefficient (Wildman–Crippen LogP) is 3.52. The van der Waals surface area contributed by atoms with E-state index >= 15 is 0 Å². The van der Waals surface area contributed by atoms with Gasteiger partial charge in [-0.3, -0.25) is 9.40 Å². The third-order valence-electron chi connectivity index (χ3n) is 5.32. The average Bonchev–Trinajstić information content (AvgIpc) is 3.49. The Morgan fingerprint density at radius 3 is 2.94 bits per heavy atom. The van der Waals surface area contributed by atoms with Gasteiger partial charge in [0, 0.05) is 24.4 Å². The van der Waals surface area contributed by atoms with Gasteiger partial charge < -0.3 is 14.0 Å². The molecule has 0 saturated carbocycles. The molecule has 0 unspecified atom stereocenters. The van der Waals surface area contributed by atoms with Gasteiger partial charge in [-0.15, -0.1) is 0 Å². The number of ether oxygens (including phenoxy) is 2. The monoisotopic (exact) mass is 454 g/mol. The molecule has 9 nitrogen and oxygen atoms in total. The first kappa shape index (κ1) is 20.4. The summed E-state index contributed by atoms with van der Waals surface area (Å²) in [5, 5.41) is 8.78. The number of aromatic nitrogens is 3. The standard InChI is InChI=1S/C22H22N4O5S/c1-3-29-17-11-14(2)5-6-19(17)32(27,28)25-22-20-18(31-24-22)12-15(13-26-9-4-8-23-26)16-7-10-30-21(16)20/h4-6,8-9,11-12H,3,7,10,13H2,1-2H3,(H,24,25). The van der Waals surface area contributed by atoms with Crippen molar-refractivity contribution in [3.63, 3.8) is 0 Å². The summed E-state index contributed by atoms with van der Waals surface area (Å²) in [4.78, 5) is 0.0361. The van der Waals surface area contributed by atoms with E-state index in [0.717, 1.165) is 16.7 Å². The molecule has 0 fully saturated rings. The van der Waals surface area contributed by atoms with E-state index in [0.29, 0.717) is 42.9 Å². The molecule has 3 heterocycles. The van der Waals surface area contributed by atoms with Gasteiger partial charge >= 0.3 is 0 Å². The highest BCUT2D eigenvalue weighted by atomic mass is 32.2. The van der Waals surface area contributed by atoms with Gasteiger partial charge in [-0.2, -0.15) is 5.10 Å². The highest BCUT2D eigenvalue weighted by Gasteiger charge is 2.28. The Bertz CT molecular complexity index is 1390. The maximum atomic E-state index is 13.2. The summed E-state index contributed by atoms with van der Waals surface area (Å²) >= 11 is 0. The Balaban J connectivity index is 1.56. The van der Waals surface area contributed by atoms with Gasteiger partial charge in [-0.05, 0) is 49.2 Å². The molecular weight excluding hydrogens is 432 g/mol. The molecule has 4 aromatic rings. The summed E-state index contributed by atoms with van der Waals surface area (Å²) in [6.45, 7) is 5.08. The van der Waals surface area contributed by atoms with Gasteiger partial charge in [0.1, 0.15) is 21.8 Å². The molecule has 32 heavy (non-hydrogen) atoms. The van der Waals surface area contributed by atoms with Gasteiger partial charge in [0.15, 0.2) is 11.4 Å². The predicted molar refractivity (Wildman–Crippen MR) is 118 cm³/mol. The molecule has 10 heteroatoms. The number of rotatable bonds is 7. The fraction of sp³-hybridized carbons (Fsp3) is 0.273. The highest BCUT2D eigenvalue weighted by molar-refractivity contribution is 7.92. The number of anilines is 1. The summed E-state index contributed by atoms with van der Waals surface area (Å²) in [5.41, 5.74) is 3.34. The van der Waals surface area contributed by atoms with E-state index in [2.05, 4.69) is 15.0 Å². The van der Waals surface area contributed by atoms with Crippen molar-refractivity contribution in [2.45, 2.75) is 31.7 Å². The summed E-state index contributed by atoms with van der Waals surface area (Å²) in [6.07, 6.45) is 4.31. The zero-order chi connectivity index (χ0) is 22.3. The molecule has 0 saturated heterocycles. The largest absolute Gasteiger partial charge is 0.492 e. The molecule has 1 aliphatic rings. The van der Waals surface area contributed by atoms with Crippen LogP contribution in [0, 0.1) is 6.92 Å². The Labute approximate surface area is 185 Å². The zero-order valence-corrected chi connectivity index (χ0v) is 18.5. The number of fused-ring (bicyclic) bond motifs is 3. The Morgan fingerprint density at radius 1 is 1.28 bits per heavy atom. The maximum Gasteiger partial charge on any atom is 0.266 e. The van der Waals surface area contributed by atoms with Crippen LogP contribution < -0.4 is 14.2 Å². The van der Waals surface area contributed by atoms with Crippen LogP contribution in [0.25, 0.3) is 11.0 Å². The lowest BCUT2D eigenvalue weighted by Crippen LogP contribution is -2.15. The molecule has 0 amide bonds. The maximum absolute atomic E-state index is 13.2. The van der Waals surface area contributed by atoms with Gasteiger partial charge in [0.25, 0.3) is 10.0 Å². The van der Waals surface area contributed by atoms with Crippen molar-refractivity contribution >= 4 is 26.8 Å². The van der Waals surface area contributed by atoms with E-state index in [9.17, 15) is 8.42 Å². The molecule has 0 spiro atoms. The van der Waals surface area contributed by atoms with Gasteiger partial charge in [0.05, 0.1) is 19.8 Å². The average molecular weight is 455 g/mol. The lowest BCUT2D eigenvalue weighted by atomic mass is 10.0. The topological polar surface area (TPSA) is 108 Å². The van der Waals surface area contributed by atoms with Crippen molar-refractivity contribution in [3.05, 3.63) is 59.4 Å². The second-order valence-corrected chi connectivity index (χ2v) is 9.19. The summed E-state index contributed by atoms with van der Waals surface area (Å²) in [7, 11) is -3.98. The van der Waals surface area contributed by atoms with Crippen LogP contribution in [-0.4, -0.2) is 36.6 Å². The molecule has 0 aliphatic carbocycles. The smallest absolute Gasteiger partial charge is 0.266 e. The number of aryl methyl sites for hydroxylation is 1. The first-order chi connectivity index (χ1) is 15.5. The molecule has 5 rings (SSSR count). The molecule has 0 bridgehead atoms. The van der Waals surface area contributed by atoms with Crippen LogP contribution in [0.4, 0.5) is 5.82 Å². The zero-order valence-electron chi connectivity index (χ0n) is 17.7. The van der Waals surface area contributed by atoms with Crippen molar-refractivity contribution < 1.29 is 22.4 Å². The minimum Gasteiger partial charge on any atom is -0.492 e. The summed E-state index contributed by atoms with van der Waals surface area (Å²) in [5.74, 6) is 0.972. The molecule has 2 aromatic carbocycles. The Hall–Kier alpha value is -3.53. The molecule has 1 aliphatic heterocycles.